The Hall–Kier alpha value is 1.03. The van der Waals surface area contributed by atoms with Crippen molar-refractivity contribution in [3.05, 3.63) is 0 Å². The van der Waals surface area contributed by atoms with Crippen LogP contribution in [0.15, 0.2) is 0 Å². The zero-order chi connectivity index (χ0) is 4.28. The molecule has 1 N–H and O–H groups in total. The maximum atomic E-state index is 9.33. The molecule has 1 unspecified atom stereocenters. The van der Waals surface area contributed by atoms with Gasteiger partial charge < -0.3 is 9.42 Å². The van der Waals surface area contributed by atoms with Gasteiger partial charge in [0.05, 0.1) is 0 Å². The summed E-state index contributed by atoms with van der Waals surface area (Å²) in [5.41, 5.74) is 0. The summed E-state index contributed by atoms with van der Waals surface area (Å²) in [6.07, 6.45) is 0. The first-order chi connectivity index (χ1) is 2.27. The summed E-state index contributed by atoms with van der Waals surface area (Å²) < 4.78 is 13.2. The Morgan fingerprint density at radius 3 is 2.00 bits per heavy atom. The number of hydrogen-bond acceptors (Lipinski definition) is 2. The van der Waals surface area contributed by atoms with Crippen molar-refractivity contribution in [3.8, 4) is 0 Å². The maximum absolute atomic E-state index is 9.33. The van der Waals surface area contributed by atoms with E-state index < -0.39 is 8.25 Å². The molecule has 5 heteroatoms. The van der Waals surface area contributed by atoms with Crippen molar-refractivity contribution < 1.29 is 40.2 Å². The molecule has 1 atom stereocenters. The second-order valence-electron chi connectivity index (χ2n) is 0.470. The number of rotatable bonds is 1. The van der Waals surface area contributed by atoms with E-state index in [1.807, 2.05) is 0 Å². The van der Waals surface area contributed by atoms with E-state index >= 15 is 0 Å². The van der Waals surface area contributed by atoms with Gasteiger partial charge in [-0.2, -0.15) is 0 Å². The van der Waals surface area contributed by atoms with E-state index in [4.69, 9.17) is 4.89 Å². The second kappa shape index (κ2) is 6.03. The van der Waals surface area contributed by atoms with Gasteiger partial charge in [0, 0.05) is 33.3 Å². The molecule has 3 nitrogen and oxygen atoms in total. The molecule has 0 aromatic carbocycles. The molecule has 0 bridgehead atoms. The van der Waals surface area contributed by atoms with Gasteiger partial charge in [-0.15, -0.1) is 0 Å². The largest absolute Gasteiger partial charge is 0.326 e. The predicted molar refractivity (Wildman–Crippen MR) is 18.2 cm³/mol. The first kappa shape index (κ1) is 10.1. The summed E-state index contributed by atoms with van der Waals surface area (Å²) in [6, 6.07) is 0. The fraction of sp³-hybridized carbons (Fsp3) is 1.00. The van der Waals surface area contributed by atoms with Crippen LogP contribution in [0.25, 0.3) is 0 Å². The topological polar surface area (TPSA) is 46.5 Å². The molecule has 0 amide bonds. The predicted octanol–water partition coefficient (Wildman–Crippen LogP) is 0.0123. The van der Waals surface area contributed by atoms with Crippen LogP contribution >= 0.6 is 8.25 Å². The van der Waals surface area contributed by atoms with Crippen molar-refractivity contribution in [1.29, 1.82) is 0 Å². The first-order valence-electron chi connectivity index (χ1n) is 1.04. The smallest absolute Gasteiger partial charge is 0.316 e. The van der Waals surface area contributed by atoms with Crippen molar-refractivity contribution in [2.45, 2.75) is 0 Å². The summed E-state index contributed by atoms with van der Waals surface area (Å²) in [5.74, 6) is 0. The second-order valence-corrected chi connectivity index (χ2v) is 1.41. The van der Waals surface area contributed by atoms with Crippen LogP contribution in [0.3, 0.4) is 0 Å². The van der Waals surface area contributed by atoms with Gasteiger partial charge in [0.15, 0.2) is 0 Å². The summed E-state index contributed by atoms with van der Waals surface area (Å²) in [7, 11) is -1.44. The molecule has 0 aromatic rings. The van der Waals surface area contributed by atoms with E-state index in [0.29, 0.717) is 0 Å². The standard InChI is InChI=1S/CH5O3P.Zr/c1-4-5(2)3;/h5H,1H3,(H,2,3);. The SMILES string of the molecule is CO[PH](=O)O.[Zr]. The van der Waals surface area contributed by atoms with Crippen molar-refractivity contribution in [2.24, 2.45) is 0 Å². The summed E-state index contributed by atoms with van der Waals surface area (Å²) in [6.45, 7) is 0. The minimum Gasteiger partial charge on any atom is -0.326 e. The van der Waals surface area contributed by atoms with Gasteiger partial charge in [0.25, 0.3) is 0 Å². The molecule has 0 heterocycles. The molecule has 0 rings (SSSR count). The molecule has 0 radical (unpaired) electrons. The molecule has 0 aliphatic heterocycles. The van der Waals surface area contributed by atoms with Crippen molar-refractivity contribution in [2.75, 3.05) is 7.11 Å². The third-order valence-corrected chi connectivity index (χ3v) is 0.524. The van der Waals surface area contributed by atoms with Gasteiger partial charge in [0.1, 0.15) is 0 Å². The average Bonchev–Trinajstić information content (AvgIpc) is 1.38. The molecule has 0 saturated carbocycles. The minimum atomic E-state index is -2.62. The van der Waals surface area contributed by atoms with Gasteiger partial charge in [-0.1, -0.05) is 0 Å². The van der Waals surface area contributed by atoms with Crippen LogP contribution in [0.4, 0.5) is 0 Å². The van der Waals surface area contributed by atoms with Crippen LogP contribution in [0, 0.1) is 0 Å². The van der Waals surface area contributed by atoms with E-state index in [1.165, 1.54) is 7.11 Å². The zero-order valence-corrected chi connectivity index (χ0v) is 6.72. The van der Waals surface area contributed by atoms with Crippen LogP contribution in [0.1, 0.15) is 0 Å². The molecule has 0 saturated heterocycles. The van der Waals surface area contributed by atoms with Crippen LogP contribution in [0.5, 0.6) is 0 Å². The van der Waals surface area contributed by atoms with Gasteiger partial charge in [-0.3, -0.25) is 4.57 Å². The van der Waals surface area contributed by atoms with Crippen molar-refractivity contribution in [1.82, 2.24) is 0 Å². The van der Waals surface area contributed by atoms with E-state index in [2.05, 4.69) is 4.52 Å². The zero-order valence-electron chi connectivity index (χ0n) is 3.26. The fourth-order valence-corrected chi connectivity index (χ4v) is 0. The maximum Gasteiger partial charge on any atom is 0.316 e. The van der Waals surface area contributed by atoms with E-state index in [9.17, 15) is 4.57 Å². The Bertz CT molecular complexity index is 46.1. The summed E-state index contributed by atoms with van der Waals surface area (Å²) in [5, 5.41) is 0. The van der Waals surface area contributed by atoms with Crippen LogP contribution in [0.2, 0.25) is 0 Å². The normalized spacial score (nSPS) is 12.3. The van der Waals surface area contributed by atoms with E-state index in [-0.39, 0.29) is 26.2 Å². The molecule has 36 valence electrons. The van der Waals surface area contributed by atoms with Crippen molar-refractivity contribution >= 4 is 8.25 Å². The summed E-state index contributed by atoms with van der Waals surface area (Å²) >= 11 is 0. The van der Waals surface area contributed by atoms with Crippen LogP contribution in [-0.4, -0.2) is 12.0 Å². The number of hydrogen-bond donors (Lipinski definition) is 1. The molecule has 0 aliphatic carbocycles. The molecule has 6 heavy (non-hydrogen) atoms. The van der Waals surface area contributed by atoms with Crippen LogP contribution < -0.4 is 0 Å². The Labute approximate surface area is 55.8 Å². The van der Waals surface area contributed by atoms with Gasteiger partial charge in [0.2, 0.25) is 0 Å². The average molecular weight is 187 g/mol. The Kier molecular flexibility index (Phi) is 10.2. The van der Waals surface area contributed by atoms with Crippen molar-refractivity contribution in [3.63, 3.8) is 0 Å². The van der Waals surface area contributed by atoms with Gasteiger partial charge in [-0.05, 0) is 0 Å². The third kappa shape index (κ3) is 8.90. The fourth-order valence-electron chi connectivity index (χ4n) is 0. The molecule has 0 fully saturated rings. The first-order valence-corrected chi connectivity index (χ1v) is 2.30. The minimum absolute atomic E-state index is 0. The molecular formula is CH5O3PZr. The van der Waals surface area contributed by atoms with Gasteiger partial charge >= 0.3 is 8.25 Å². The molecular weight excluding hydrogens is 182 g/mol. The van der Waals surface area contributed by atoms with E-state index in [0.717, 1.165) is 0 Å². The van der Waals surface area contributed by atoms with Gasteiger partial charge in [-0.25, -0.2) is 0 Å². The van der Waals surface area contributed by atoms with E-state index in [1.54, 1.807) is 0 Å². The Morgan fingerprint density at radius 2 is 2.00 bits per heavy atom. The molecule has 0 spiro atoms. The monoisotopic (exact) mass is 186 g/mol. The quantitative estimate of drug-likeness (QED) is 0.588. The Morgan fingerprint density at radius 1 is 1.83 bits per heavy atom. The molecule has 0 aliphatic rings. The summed E-state index contributed by atoms with van der Waals surface area (Å²) in [4.78, 5) is 7.69. The van der Waals surface area contributed by atoms with Crippen LogP contribution in [-0.2, 0) is 35.3 Å². The molecule has 0 aromatic heterocycles. The Balaban J connectivity index is 0. The third-order valence-electron chi connectivity index (χ3n) is 0.175.